The van der Waals surface area contributed by atoms with Gasteiger partial charge in [0.1, 0.15) is 6.04 Å². The number of alkyl halides is 2. The van der Waals surface area contributed by atoms with Crippen LogP contribution in [0.3, 0.4) is 0 Å². The van der Waals surface area contributed by atoms with Gasteiger partial charge in [0.25, 0.3) is 0 Å². The second-order valence-electron chi connectivity index (χ2n) is 4.08. The average molecular weight is 231 g/mol. The van der Waals surface area contributed by atoms with E-state index in [0.29, 0.717) is 0 Å². The Hall–Kier alpha value is -1.15. The van der Waals surface area contributed by atoms with E-state index in [1.165, 1.54) is 7.11 Å². The Morgan fingerprint density at radius 3 is 2.75 bits per heavy atom. The number of carbonyl (C=O) groups excluding carboxylic acids is 1. The Kier molecular flexibility index (Phi) is 4.25. The fraction of sp³-hybridized carbons (Fsp3) is 0.727. The number of amides is 1. The smallest absolute Gasteiger partial charge is 0.248 e. The lowest BCUT2D eigenvalue weighted by atomic mass is 9.79. The van der Waals surface area contributed by atoms with E-state index >= 15 is 0 Å². The van der Waals surface area contributed by atoms with E-state index in [9.17, 15) is 13.6 Å². The first-order valence-electron chi connectivity index (χ1n) is 5.09. The van der Waals surface area contributed by atoms with E-state index in [1.807, 2.05) is 0 Å². The van der Waals surface area contributed by atoms with Gasteiger partial charge in [-0.05, 0) is 5.92 Å². The third kappa shape index (κ3) is 3.78. The van der Waals surface area contributed by atoms with Gasteiger partial charge < -0.3 is 10.1 Å². The Morgan fingerprint density at radius 2 is 2.31 bits per heavy atom. The highest BCUT2D eigenvalue weighted by atomic mass is 19.3. The van der Waals surface area contributed by atoms with E-state index in [-0.39, 0.29) is 37.7 Å². The molecule has 1 aliphatic carbocycles. The van der Waals surface area contributed by atoms with Crippen LogP contribution in [0.15, 0.2) is 0 Å². The molecule has 1 rings (SSSR count). The van der Waals surface area contributed by atoms with Crippen molar-refractivity contribution in [2.75, 3.05) is 13.7 Å². The molecule has 1 N–H and O–H groups in total. The van der Waals surface area contributed by atoms with Crippen LogP contribution in [0.5, 0.6) is 0 Å². The Bertz CT molecular complexity index is 291. The van der Waals surface area contributed by atoms with Crippen LogP contribution in [0.2, 0.25) is 0 Å². The number of halogens is 2. The Balaban J connectivity index is 2.24. The second kappa shape index (κ2) is 5.26. The van der Waals surface area contributed by atoms with Gasteiger partial charge in [-0.1, -0.05) is 5.92 Å². The molecule has 5 heteroatoms. The van der Waals surface area contributed by atoms with Crippen LogP contribution in [0, 0.1) is 18.3 Å². The normalized spacial score (nSPS) is 20.6. The van der Waals surface area contributed by atoms with Gasteiger partial charge in [0.2, 0.25) is 11.8 Å². The largest absolute Gasteiger partial charge is 0.382 e. The summed E-state index contributed by atoms with van der Waals surface area (Å²) in [6.45, 7) is 0.225. The van der Waals surface area contributed by atoms with Gasteiger partial charge in [-0.15, -0.1) is 6.42 Å². The molecule has 0 radical (unpaired) electrons. The standard InChI is InChI=1S/C11H15F2NO2/c1-3-9(7-16-2)14-10(15)4-8-5-11(12,13)6-8/h1,8-9H,4-7H2,2H3,(H,14,15)/t9-/m0/s1. The van der Waals surface area contributed by atoms with Gasteiger partial charge in [0.15, 0.2) is 0 Å². The summed E-state index contributed by atoms with van der Waals surface area (Å²) in [6.07, 6.45) is 4.87. The minimum Gasteiger partial charge on any atom is -0.382 e. The maximum atomic E-state index is 12.5. The number of hydrogen-bond donors (Lipinski definition) is 1. The van der Waals surface area contributed by atoms with E-state index in [0.717, 1.165) is 0 Å². The van der Waals surface area contributed by atoms with E-state index < -0.39 is 12.0 Å². The molecule has 1 fully saturated rings. The van der Waals surface area contributed by atoms with Crippen molar-refractivity contribution in [1.82, 2.24) is 5.32 Å². The molecular weight excluding hydrogens is 216 g/mol. The molecule has 0 bridgehead atoms. The van der Waals surface area contributed by atoms with E-state index in [4.69, 9.17) is 11.2 Å². The first kappa shape index (κ1) is 12.9. The summed E-state index contributed by atoms with van der Waals surface area (Å²) in [6, 6.07) is -0.488. The molecule has 1 aliphatic rings. The molecule has 0 heterocycles. The summed E-state index contributed by atoms with van der Waals surface area (Å²) in [5.74, 6) is -0.743. The molecule has 0 aromatic heterocycles. The molecule has 16 heavy (non-hydrogen) atoms. The van der Waals surface area contributed by atoms with Crippen LogP contribution in [0.25, 0.3) is 0 Å². The lowest BCUT2D eigenvalue weighted by Gasteiger charge is -2.34. The third-order valence-corrected chi connectivity index (χ3v) is 2.52. The molecule has 1 amide bonds. The number of ether oxygens (including phenoxy) is 1. The SMILES string of the molecule is C#C[C@@H](COC)NC(=O)CC1CC(F)(F)C1. The van der Waals surface area contributed by atoms with Crippen LogP contribution in [-0.2, 0) is 9.53 Å². The summed E-state index contributed by atoms with van der Waals surface area (Å²) in [4.78, 5) is 11.4. The number of methoxy groups -OCH3 is 1. The summed E-state index contributed by atoms with van der Waals surface area (Å²) < 4.78 is 29.8. The van der Waals surface area contributed by atoms with Crippen molar-refractivity contribution in [2.45, 2.75) is 31.2 Å². The fourth-order valence-electron chi connectivity index (χ4n) is 1.74. The van der Waals surface area contributed by atoms with Crippen LogP contribution >= 0.6 is 0 Å². The zero-order valence-corrected chi connectivity index (χ0v) is 9.13. The highest BCUT2D eigenvalue weighted by Gasteiger charge is 2.45. The van der Waals surface area contributed by atoms with Crippen molar-refractivity contribution in [1.29, 1.82) is 0 Å². The first-order valence-corrected chi connectivity index (χ1v) is 5.09. The topological polar surface area (TPSA) is 38.3 Å². The van der Waals surface area contributed by atoms with E-state index in [2.05, 4.69) is 11.2 Å². The zero-order chi connectivity index (χ0) is 12.2. The molecule has 0 spiro atoms. The van der Waals surface area contributed by atoms with Gasteiger partial charge in [0, 0.05) is 26.4 Å². The van der Waals surface area contributed by atoms with Crippen LogP contribution < -0.4 is 5.32 Å². The lowest BCUT2D eigenvalue weighted by molar-refractivity contribution is -0.134. The van der Waals surface area contributed by atoms with Gasteiger partial charge in [-0.2, -0.15) is 0 Å². The molecule has 3 nitrogen and oxygen atoms in total. The van der Waals surface area contributed by atoms with Crippen molar-refractivity contribution in [3.8, 4) is 12.3 Å². The number of nitrogens with one attached hydrogen (secondary N) is 1. The maximum absolute atomic E-state index is 12.5. The molecule has 0 aliphatic heterocycles. The minimum atomic E-state index is -2.58. The van der Waals surface area contributed by atoms with Gasteiger partial charge in [0.05, 0.1) is 6.61 Å². The van der Waals surface area contributed by atoms with Crippen LogP contribution in [0.4, 0.5) is 8.78 Å². The molecule has 0 unspecified atom stereocenters. The van der Waals surface area contributed by atoms with Gasteiger partial charge >= 0.3 is 0 Å². The molecule has 0 aromatic rings. The first-order chi connectivity index (χ1) is 7.46. The van der Waals surface area contributed by atoms with Gasteiger partial charge in [-0.25, -0.2) is 8.78 Å². The molecule has 0 aromatic carbocycles. The minimum absolute atomic E-state index is 0.109. The second-order valence-corrected chi connectivity index (χ2v) is 4.08. The summed E-state index contributed by atoms with van der Waals surface area (Å²) in [7, 11) is 1.48. The monoisotopic (exact) mass is 231 g/mol. The van der Waals surface area contributed by atoms with Crippen molar-refractivity contribution < 1.29 is 18.3 Å². The Morgan fingerprint density at radius 1 is 1.69 bits per heavy atom. The molecule has 0 saturated heterocycles. The molecular formula is C11H15F2NO2. The van der Waals surface area contributed by atoms with Crippen LogP contribution in [0.1, 0.15) is 19.3 Å². The number of carbonyl (C=O) groups is 1. The molecule has 1 atom stereocenters. The summed E-state index contributed by atoms with van der Waals surface area (Å²) in [5.41, 5.74) is 0. The number of rotatable bonds is 5. The molecule has 90 valence electrons. The van der Waals surface area contributed by atoms with Crippen molar-refractivity contribution in [2.24, 2.45) is 5.92 Å². The zero-order valence-electron chi connectivity index (χ0n) is 9.13. The van der Waals surface area contributed by atoms with Crippen molar-refractivity contribution in [3.05, 3.63) is 0 Å². The Labute approximate surface area is 93.5 Å². The third-order valence-electron chi connectivity index (χ3n) is 2.52. The highest BCUT2D eigenvalue weighted by molar-refractivity contribution is 5.77. The quantitative estimate of drug-likeness (QED) is 0.722. The summed E-state index contributed by atoms with van der Waals surface area (Å²) in [5, 5.41) is 2.55. The number of terminal acetylenes is 1. The number of hydrogen-bond acceptors (Lipinski definition) is 2. The van der Waals surface area contributed by atoms with E-state index in [1.54, 1.807) is 0 Å². The van der Waals surface area contributed by atoms with Gasteiger partial charge in [-0.3, -0.25) is 4.79 Å². The highest BCUT2D eigenvalue weighted by Crippen LogP contribution is 2.43. The average Bonchev–Trinajstić information content (AvgIpc) is 2.14. The molecule has 1 saturated carbocycles. The lowest BCUT2D eigenvalue weighted by Crippen LogP contribution is -2.42. The van der Waals surface area contributed by atoms with Crippen LogP contribution in [-0.4, -0.2) is 31.6 Å². The summed E-state index contributed by atoms with van der Waals surface area (Å²) >= 11 is 0. The predicted molar refractivity (Wildman–Crippen MR) is 54.9 cm³/mol. The maximum Gasteiger partial charge on any atom is 0.248 e. The fourth-order valence-corrected chi connectivity index (χ4v) is 1.74. The predicted octanol–water partition coefficient (Wildman–Crippen LogP) is 1.19. The van der Waals surface area contributed by atoms with Crippen molar-refractivity contribution in [3.63, 3.8) is 0 Å². The van der Waals surface area contributed by atoms with Crippen molar-refractivity contribution >= 4 is 5.91 Å².